The summed E-state index contributed by atoms with van der Waals surface area (Å²) in [5.74, 6) is 0.838. The molecule has 0 spiro atoms. The highest BCUT2D eigenvalue weighted by Crippen LogP contribution is 2.27. The highest BCUT2D eigenvalue weighted by molar-refractivity contribution is 5.79. The summed E-state index contributed by atoms with van der Waals surface area (Å²) in [6.07, 6.45) is 1.67. The van der Waals surface area contributed by atoms with Crippen molar-refractivity contribution in [1.29, 1.82) is 0 Å². The summed E-state index contributed by atoms with van der Waals surface area (Å²) in [4.78, 5) is 10.4. The van der Waals surface area contributed by atoms with Gasteiger partial charge in [-0.25, -0.2) is 4.79 Å². The van der Waals surface area contributed by atoms with Gasteiger partial charge in [-0.15, -0.1) is 0 Å². The second kappa shape index (κ2) is 9.17. The predicted octanol–water partition coefficient (Wildman–Crippen LogP) is 2.29. The molecule has 0 aromatic heterocycles. The Morgan fingerprint density at radius 2 is 1.84 bits per heavy atom. The van der Waals surface area contributed by atoms with Crippen LogP contribution in [0.3, 0.4) is 0 Å². The van der Waals surface area contributed by atoms with E-state index in [4.69, 9.17) is 19.3 Å². The molecule has 2 rings (SSSR count). The monoisotopic (exact) mass is 344 g/mol. The molecule has 0 aliphatic heterocycles. The minimum atomic E-state index is -1.01. The third kappa shape index (κ3) is 5.72. The van der Waals surface area contributed by atoms with Crippen LogP contribution in [0.15, 0.2) is 47.6 Å². The molecule has 0 bridgehead atoms. The average molecular weight is 344 g/mol. The van der Waals surface area contributed by atoms with Crippen LogP contribution >= 0.6 is 0 Å². The molecule has 0 unspecified atom stereocenters. The summed E-state index contributed by atoms with van der Waals surface area (Å²) < 4.78 is 15.5. The molecule has 0 saturated heterocycles. The number of carboxylic acids is 1. The van der Waals surface area contributed by atoms with Gasteiger partial charge in [0, 0.05) is 0 Å². The van der Waals surface area contributed by atoms with Gasteiger partial charge in [-0.2, -0.15) is 5.10 Å². The van der Waals surface area contributed by atoms with Crippen LogP contribution in [-0.2, 0) is 11.3 Å². The average Bonchev–Trinajstić information content (AvgIpc) is 2.64. The molecule has 2 aromatic carbocycles. The minimum Gasteiger partial charge on any atom is -0.493 e. The van der Waals surface area contributed by atoms with E-state index in [2.05, 4.69) is 10.5 Å². The number of aliphatic carboxylic acids is 1. The fraction of sp³-hybridized carbons (Fsp3) is 0.222. The number of carboxylic acid groups (broad SMARTS) is 1. The number of ether oxygens (including phenoxy) is 3. The molecule has 2 N–H and O–H groups in total. The molecule has 25 heavy (non-hydrogen) atoms. The van der Waals surface area contributed by atoms with Crippen molar-refractivity contribution in [2.45, 2.75) is 6.54 Å². The van der Waals surface area contributed by atoms with Gasteiger partial charge < -0.3 is 24.7 Å². The molecule has 0 heterocycles. The maximum Gasteiger partial charge on any atom is 0.341 e. The first kappa shape index (κ1) is 18.1. The van der Waals surface area contributed by atoms with Gasteiger partial charge in [-0.3, -0.25) is 0 Å². The van der Waals surface area contributed by atoms with E-state index in [-0.39, 0.29) is 6.61 Å². The molecule has 0 aliphatic rings. The number of benzene rings is 2. The molecule has 132 valence electrons. The first-order valence-electron chi connectivity index (χ1n) is 7.54. The van der Waals surface area contributed by atoms with Gasteiger partial charge in [0.2, 0.25) is 0 Å². The van der Waals surface area contributed by atoms with E-state index >= 15 is 0 Å². The van der Waals surface area contributed by atoms with E-state index < -0.39 is 5.97 Å². The summed E-state index contributed by atoms with van der Waals surface area (Å²) >= 11 is 0. The second-order valence-corrected chi connectivity index (χ2v) is 5.03. The van der Waals surface area contributed by atoms with Gasteiger partial charge in [-0.05, 0) is 47.5 Å². The van der Waals surface area contributed by atoms with Crippen molar-refractivity contribution in [2.24, 2.45) is 5.10 Å². The number of methoxy groups -OCH3 is 2. The van der Waals surface area contributed by atoms with Crippen LogP contribution in [0.2, 0.25) is 0 Å². The standard InChI is InChI=1S/C18H20N2O5/c1-23-16-8-5-14(9-17(16)24-2)11-20-19-10-13-3-6-15(7-4-13)25-12-18(21)22/h3-10,20H,11-12H2,1-2H3,(H,21,22)/b19-10+. The Bertz CT molecular complexity index is 729. The minimum absolute atomic E-state index is 0.361. The van der Waals surface area contributed by atoms with E-state index in [0.717, 1.165) is 11.1 Å². The van der Waals surface area contributed by atoms with Crippen molar-refractivity contribution in [1.82, 2.24) is 5.43 Å². The van der Waals surface area contributed by atoms with Gasteiger partial charge >= 0.3 is 5.97 Å². The quantitative estimate of drug-likeness (QED) is 0.536. The Morgan fingerprint density at radius 3 is 2.48 bits per heavy atom. The first-order chi connectivity index (χ1) is 12.1. The maximum atomic E-state index is 10.4. The molecule has 0 atom stereocenters. The summed E-state index contributed by atoms with van der Waals surface area (Å²) in [5, 5.41) is 12.7. The zero-order chi connectivity index (χ0) is 18.1. The Balaban J connectivity index is 1.85. The number of hydrazone groups is 1. The van der Waals surface area contributed by atoms with Gasteiger partial charge in [0.05, 0.1) is 27.0 Å². The lowest BCUT2D eigenvalue weighted by molar-refractivity contribution is -0.139. The van der Waals surface area contributed by atoms with Crippen LogP contribution in [0.1, 0.15) is 11.1 Å². The normalized spacial score (nSPS) is 10.5. The Kier molecular flexibility index (Phi) is 6.65. The van der Waals surface area contributed by atoms with E-state index in [1.54, 1.807) is 44.7 Å². The first-order valence-corrected chi connectivity index (χ1v) is 7.54. The number of nitrogens with one attached hydrogen (secondary N) is 1. The van der Waals surface area contributed by atoms with Gasteiger partial charge in [-0.1, -0.05) is 6.07 Å². The second-order valence-electron chi connectivity index (χ2n) is 5.03. The summed E-state index contributed by atoms with van der Waals surface area (Å²) in [6, 6.07) is 12.6. The van der Waals surface area contributed by atoms with Crippen LogP contribution in [0.25, 0.3) is 0 Å². The van der Waals surface area contributed by atoms with E-state index in [9.17, 15) is 4.79 Å². The number of hydrogen-bond donors (Lipinski definition) is 2. The predicted molar refractivity (Wildman–Crippen MR) is 93.6 cm³/mol. The van der Waals surface area contributed by atoms with Crippen LogP contribution in [0, 0.1) is 0 Å². The maximum absolute atomic E-state index is 10.4. The van der Waals surface area contributed by atoms with Crippen LogP contribution < -0.4 is 19.6 Å². The third-order valence-corrected chi connectivity index (χ3v) is 3.28. The molecular weight excluding hydrogens is 324 g/mol. The lowest BCUT2D eigenvalue weighted by atomic mass is 10.2. The highest BCUT2D eigenvalue weighted by atomic mass is 16.5. The van der Waals surface area contributed by atoms with Gasteiger partial charge in [0.25, 0.3) is 0 Å². The Hall–Kier alpha value is -3.22. The zero-order valence-electron chi connectivity index (χ0n) is 14.1. The van der Waals surface area contributed by atoms with Crippen molar-refractivity contribution < 1.29 is 24.1 Å². The van der Waals surface area contributed by atoms with Crippen LogP contribution in [0.5, 0.6) is 17.2 Å². The molecule has 7 nitrogen and oxygen atoms in total. The zero-order valence-corrected chi connectivity index (χ0v) is 14.1. The molecule has 2 aromatic rings. The van der Waals surface area contributed by atoms with Crippen molar-refractivity contribution in [3.8, 4) is 17.2 Å². The number of carbonyl (C=O) groups is 1. The largest absolute Gasteiger partial charge is 0.493 e. The SMILES string of the molecule is COc1ccc(CN/N=C/c2ccc(OCC(=O)O)cc2)cc1OC. The summed E-state index contributed by atoms with van der Waals surface area (Å²) in [5.41, 5.74) is 4.83. The van der Waals surface area contributed by atoms with Crippen molar-refractivity contribution in [3.63, 3.8) is 0 Å². The summed E-state index contributed by atoms with van der Waals surface area (Å²) in [7, 11) is 3.19. The van der Waals surface area contributed by atoms with Gasteiger partial charge in [0.1, 0.15) is 5.75 Å². The summed E-state index contributed by atoms with van der Waals surface area (Å²) in [6.45, 7) is 0.178. The molecule has 7 heteroatoms. The molecular formula is C18H20N2O5. The van der Waals surface area contributed by atoms with E-state index in [1.807, 2.05) is 18.2 Å². The van der Waals surface area contributed by atoms with Crippen LogP contribution in [-0.4, -0.2) is 38.1 Å². The fourth-order valence-electron chi connectivity index (χ4n) is 2.04. The number of rotatable bonds is 9. The van der Waals surface area contributed by atoms with E-state index in [0.29, 0.717) is 23.8 Å². The number of nitrogens with zero attached hydrogens (tertiary/aromatic N) is 1. The molecule has 0 saturated carbocycles. The Morgan fingerprint density at radius 1 is 1.12 bits per heavy atom. The van der Waals surface area contributed by atoms with E-state index in [1.165, 1.54) is 0 Å². The molecule has 0 amide bonds. The van der Waals surface area contributed by atoms with Crippen LogP contribution in [0.4, 0.5) is 0 Å². The third-order valence-electron chi connectivity index (χ3n) is 3.28. The Labute approximate surface area is 145 Å². The van der Waals surface area contributed by atoms with Crippen molar-refractivity contribution in [3.05, 3.63) is 53.6 Å². The molecule has 0 fully saturated rings. The van der Waals surface area contributed by atoms with Crippen molar-refractivity contribution in [2.75, 3.05) is 20.8 Å². The highest BCUT2D eigenvalue weighted by Gasteiger charge is 2.03. The molecule has 0 radical (unpaired) electrons. The molecule has 0 aliphatic carbocycles. The van der Waals surface area contributed by atoms with Crippen molar-refractivity contribution >= 4 is 12.2 Å². The topological polar surface area (TPSA) is 89.4 Å². The lowest BCUT2D eigenvalue weighted by Gasteiger charge is -2.09. The smallest absolute Gasteiger partial charge is 0.341 e. The lowest BCUT2D eigenvalue weighted by Crippen LogP contribution is -2.09. The fourth-order valence-corrected chi connectivity index (χ4v) is 2.04. The number of hydrogen-bond acceptors (Lipinski definition) is 6. The van der Waals surface area contributed by atoms with Gasteiger partial charge in [0.15, 0.2) is 18.1 Å².